The van der Waals surface area contributed by atoms with E-state index in [0.717, 1.165) is 0 Å². The van der Waals surface area contributed by atoms with Crippen molar-refractivity contribution in [3.8, 4) is 5.75 Å². The predicted octanol–water partition coefficient (Wildman–Crippen LogP) is 1.60. The second-order valence-electron chi connectivity index (χ2n) is 5.64. The fraction of sp³-hybridized carbons (Fsp3) is 0.467. The van der Waals surface area contributed by atoms with E-state index in [1.54, 1.807) is 32.0 Å². The Bertz CT molecular complexity index is 565. The second kappa shape index (κ2) is 4.90. The number of carbonyl (C=O) groups excluding carboxylic acids is 2. The highest BCUT2D eigenvalue weighted by molar-refractivity contribution is 5.94. The first-order chi connectivity index (χ1) is 9.22. The topological polar surface area (TPSA) is 75.6 Å². The highest BCUT2D eigenvalue weighted by Crippen LogP contribution is 2.40. The summed E-state index contributed by atoms with van der Waals surface area (Å²) in [6, 6.07) is 4.45. The largest absolute Gasteiger partial charge is 0.485 e. The number of rotatable bonds is 2. The molecule has 5 nitrogen and oxygen atoms in total. The first-order valence-electron chi connectivity index (χ1n) is 6.51. The molecule has 2 atom stereocenters. The van der Waals surface area contributed by atoms with Crippen LogP contribution in [0.1, 0.15) is 49.7 Å². The summed E-state index contributed by atoms with van der Waals surface area (Å²) in [5, 5.41) is 13.1. The summed E-state index contributed by atoms with van der Waals surface area (Å²) in [6.07, 6.45) is -0.902. The van der Waals surface area contributed by atoms with Crippen molar-refractivity contribution in [1.29, 1.82) is 0 Å². The zero-order valence-electron chi connectivity index (χ0n) is 12.1. The Morgan fingerprint density at radius 3 is 2.50 bits per heavy atom. The molecule has 2 rings (SSSR count). The predicted molar refractivity (Wildman–Crippen MR) is 73.7 cm³/mol. The Hall–Kier alpha value is -1.88. The molecule has 0 unspecified atom stereocenters. The van der Waals surface area contributed by atoms with E-state index in [9.17, 15) is 14.7 Å². The van der Waals surface area contributed by atoms with Crippen LogP contribution in [0.3, 0.4) is 0 Å². The van der Waals surface area contributed by atoms with Crippen LogP contribution in [0.2, 0.25) is 0 Å². The molecule has 1 aliphatic heterocycles. The summed E-state index contributed by atoms with van der Waals surface area (Å²) in [5.74, 6) is 0.253. The third-order valence-electron chi connectivity index (χ3n) is 3.51. The lowest BCUT2D eigenvalue weighted by Gasteiger charge is -2.42. The number of fused-ring (bicyclic) bond motifs is 1. The van der Waals surface area contributed by atoms with Gasteiger partial charge in [0.25, 0.3) is 0 Å². The van der Waals surface area contributed by atoms with E-state index in [2.05, 4.69) is 5.32 Å². The van der Waals surface area contributed by atoms with Crippen LogP contribution in [-0.2, 0) is 4.79 Å². The van der Waals surface area contributed by atoms with Gasteiger partial charge in [-0.3, -0.25) is 9.59 Å². The fourth-order valence-corrected chi connectivity index (χ4v) is 2.39. The molecule has 1 aromatic carbocycles. The van der Waals surface area contributed by atoms with Crippen LogP contribution >= 0.6 is 0 Å². The van der Waals surface area contributed by atoms with E-state index < -0.39 is 17.7 Å². The van der Waals surface area contributed by atoms with Crippen molar-refractivity contribution in [2.45, 2.75) is 45.4 Å². The van der Waals surface area contributed by atoms with Gasteiger partial charge < -0.3 is 15.2 Å². The first kappa shape index (κ1) is 14.5. The highest BCUT2D eigenvalue weighted by Gasteiger charge is 2.43. The molecule has 20 heavy (non-hydrogen) atoms. The minimum absolute atomic E-state index is 0.0753. The SMILES string of the molecule is CC(=O)N[C@H]1c2cc(C(C)=O)ccc2OC(C)(C)[C@@H]1O. The van der Waals surface area contributed by atoms with Gasteiger partial charge in [0.05, 0.1) is 6.04 Å². The Kier molecular flexibility index (Phi) is 3.56. The number of hydrogen-bond acceptors (Lipinski definition) is 4. The average molecular weight is 277 g/mol. The Morgan fingerprint density at radius 2 is 1.95 bits per heavy atom. The van der Waals surface area contributed by atoms with Gasteiger partial charge >= 0.3 is 0 Å². The molecule has 5 heteroatoms. The molecule has 0 aliphatic carbocycles. The lowest BCUT2D eigenvalue weighted by molar-refractivity contribution is -0.123. The minimum atomic E-state index is -0.902. The molecule has 0 saturated heterocycles. The molecular weight excluding hydrogens is 258 g/mol. The molecule has 2 N–H and O–H groups in total. The normalized spacial score (nSPS) is 23.4. The Morgan fingerprint density at radius 1 is 1.30 bits per heavy atom. The van der Waals surface area contributed by atoms with Gasteiger partial charge in [-0.2, -0.15) is 0 Å². The van der Waals surface area contributed by atoms with Crippen LogP contribution in [0.4, 0.5) is 0 Å². The standard InChI is InChI=1S/C15H19NO4/c1-8(17)10-5-6-12-11(7-10)13(16-9(2)18)14(19)15(3,4)20-12/h5-7,13-14,19H,1-4H3,(H,16,18)/t13-,14+/m0/s1. The van der Waals surface area contributed by atoms with Gasteiger partial charge in [-0.15, -0.1) is 0 Å². The van der Waals surface area contributed by atoms with Gasteiger partial charge in [-0.25, -0.2) is 0 Å². The number of ether oxygens (including phenoxy) is 1. The van der Waals surface area contributed by atoms with Gasteiger partial charge in [0, 0.05) is 18.1 Å². The van der Waals surface area contributed by atoms with Crippen molar-refractivity contribution in [2.24, 2.45) is 0 Å². The van der Waals surface area contributed by atoms with E-state index in [-0.39, 0.29) is 11.7 Å². The van der Waals surface area contributed by atoms with E-state index in [0.29, 0.717) is 16.9 Å². The van der Waals surface area contributed by atoms with Gasteiger partial charge in [-0.05, 0) is 39.0 Å². The van der Waals surface area contributed by atoms with Crippen molar-refractivity contribution in [2.75, 3.05) is 0 Å². The molecule has 108 valence electrons. The zero-order valence-corrected chi connectivity index (χ0v) is 12.1. The van der Waals surface area contributed by atoms with Crippen LogP contribution in [0.25, 0.3) is 0 Å². The van der Waals surface area contributed by atoms with Gasteiger partial charge in [0.1, 0.15) is 17.5 Å². The molecule has 0 spiro atoms. The molecule has 1 aliphatic rings. The van der Waals surface area contributed by atoms with Crippen LogP contribution in [0.15, 0.2) is 18.2 Å². The minimum Gasteiger partial charge on any atom is -0.485 e. The number of nitrogens with one attached hydrogen (secondary N) is 1. The zero-order chi connectivity index (χ0) is 15.1. The van der Waals surface area contributed by atoms with Crippen LogP contribution in [0.5, 0.6) is 5.75 Å². The quantitative estimate of drug-likeness (QED) is 0.805. The van der Waals surface area contributed by atoms with Crippen molar-refractivity contribution in [1.82, 2.24) is 5.32 Å². The van der Waals surface area contributed by atoms with Crippen molar-refractivity contribution in [3.05, 3.63) is 29.3 Å². The first-order valence-corrected chi connectivity index (χ1v) is 6.51. The molecule has 1 amide bonds. The summed E-state index contributed by atoms with van der Waals surface area (Å²) in [7, 11) is 0. The smallest absolute Gasteiger partial charge is 0.217 e. The number of aliphatic hydroxyl groups is 1. The number of ketones is 1. The van der Waals surface area contributed by atoms with Crippen molar-refractivity contribution < 1.29 is 19.4 Å². The molecule has 0 radical (unpaired) electrons. The Labute approximate surface area is 117 Å². The summed E-state index contributed by atoms with van der Waals surface area (Å²) in [6.45, 7) is 6.38. The molecule has 0 bridgehead atoms. The maximum absolute atomic E-state index is 11.5. The molecule has 0 aromatic heterocycles. The van der Waals surface area contributed by atoms with Gasteiger partial charge in [-0.1, -0.05) is 0 Å². The van der Waals surface area contributed by atoms with E-state index in [4.69, 9.17) is 4.74 Å². The second-order valence-corrected chi connectivity index (χ2v) is 5.64. The number of benzene rings is 1. The summed E-state index contributed by atoms with van der Waals surface area (Å²) in [4.78, 5) is 22.8. The fourth-order valence-electron chi connectivity index (χ4n) is 2.39. The summed E-state index contributed by atoms with van der Waals surface area (Å²) >= 11 is 0. The van der Waals surface area contributed by atoms with Crippen LogP contribution in [-0.4, -0.2) is 28.5 Å². The third-order valence-corrected chi connectivity index (χ3v) is 3.51. The average Bonchev–Trinajstić information content (AvgIpc) is 2.33. The van der Waals surface area contributed by atoms with Crippen LogP contribution < -0.4 is 10.1 Å². The lowest BCUT2D eigenvalue weighted by Crippen LogP contribution is -2.53. The summed E-state index contributed by atoms with van der Waals surface area (Å²) < 4.78 is 5.77. The van der Waals surface area contributed by atoms with Gasteiger partial charge in [0.2, 0.25) is 5.91 Å². The number of amides is 1. The van der Waals surface area contributed by atoms with E-state index in [1.807, 2.05) is 0 Å². The monoisotopic (exact) mass is 277 g/mol. The molecule has 0 fully saturated rings. The molecule has 0 saturated carbocycles. The number of Topliss-reactive ketones (excluding diaryl/α,β-unsaturated/α-hetero) is 1. The third kappa shape index (κ3) is 2.54. The molecular formula is C15H19NO4. The number of hydrogen-bond donors (Lipinski definition) is 2. The maximum atomic E-state index is 11.5. The van der Waals surface area contributed by atoms with Crippen LogP contribution in [0, 0.1) is 0 Å². The molecule has 1 aromatic rings. The maximum Gasteiger partial charge on any atom is 0.217 e. The lowest BCUT2D eigenvalue weighted by atomic mass is 9.85. The molecule has 1 heterocycles. The van der Waals surface area contributed by atoms with Gasteiger partial charge in [0.15, 0.2) is 5.78 Å². The van der Waals surface area contributed by atoms with Crippen molar-refractivity contribution >= 4 is 11.7 Å². The number of carbonyl (C=O) groups is 2. The van der Waals surface area contributed by atoms with E-state index in [1.165, 1.54) is 13.8 Å². The van der Waals surface area contributed by atoms with E-state index >= 15 is 0 Å². The highest BCUT2D eigenvalue weighted by atomic mass is 16.5. The Balaban J connectivity index is 2.53. The number of aliphatic hydroxyl groups excluding tert-OH is 1. The van der Waals surface area contributed by atoms with Crippen molar-refractivity contribution in [3.63, 3.8) is 0 Å². The summed E-state index contributed by atoms with van der Waals surface area (Å²) in [5.41, 5.74) is 0.326.